The summed E-state index contributed by atoms with van der Waals surface area (Å²) in [5, 5.41) is 3.25. The van der Waals surface area contributed by atoms with Gasteiger partial charge in [0, 0.05) is 11.4 Å². The van der Waals surface area contributed by atoms with Crippen molar-refractivity contribution in [3.8, 4) is 0 Å². The van der Waals surface area contributed by atoms with E-state index < -0.39 is 0 Å². The van der Waals surface area contributed by atoms with Gasteiger partial charge in [0.05, 0.1) is 0 Å². The number of hydrogen-bond acceptors (Lipinski definition) is 2. The summed E-state index contributed by atoms with van der Waals surface area (Å²) in [7, 11) is 0. The van der Waals surface area contributed by atoms with E-state index in [0.717, 1.165) is 35.7 Å². The summed E-state index contributed by atoms with van der Waals surface area (Å²) in [5.41, 5.74) is 1.07. The SMILES string of the molecule is CCNCc1cccc(F)c1SCCC(C)C. The lowest BCUT2D eigenvalue weighted by atomic mass is 10.2. The van der Waals surface area contributed by atoms with Crippen LogP contribution in [0.3, 0.4) is 0 Å². The second-order valence-electron chi connectivity index (χ2n) is 4.54. The van der Waals surface area contributed by atoms with Crippen LogP contribution in [0, 0.1) is 11.7 Å². The molecule has 0 saturated heterocycles. The number of benzene rings is 1. The maximum absolute atomic E-state index is 13.8. The van der Waals surface area contributed by atoms with Crippen LogP contribution in [0.5, 0.6) is 0 Å². The number of halogens is 1. The number of hydrogen-bond donors (Lipinski definition) is 1. The van der Waals surface area contributed by atoms with Gasteiger partial charge in [-0.2, -0.15) is 0 Å². The van der Waals surface area contributed by atoms with Crippen molar-refractivity contribution in [2.24, 2.45) is 5.92 Å². The zero-order valence-electron chi connectivity index (χ0n) is 10.9. The van der Waals surface area contributed by atoms with Crippen molar-refractivity contribution in [1.29, 1.82) is 0 Å². The van der Waals surface area contributed by atoms with E-state index >= 15 is 0 Å². The molecule has 0 aliphatic carbocycles. The molecule has 0 aliphatic rings. The highest BCUT2D eigenvalue weighted by molar-refractivity contribution is 7.99. The van der Waals surface area contributed by atoms with Crippen LogP contribution >= 0.6 is 11.8 Å². The Hall–Kier alpha value is -0.540. The van der Waals surface area contributed by atoms with Gasteiger partial charge in [-0.1, -0.05) is 32.9 Å². The second-order valence-corrected chi connectivity index (χ2v) is 5.64. The van der Waals surface area contributed by atoms with Crippen LogP contribution in [0.2, 0.25) is 0 Å². The van der Waals surface area contributed by atoms with E-state index in [-0.39, 0.29) is 5.82 Å². The molecule has 1 N–H and O–H groups in total. The highest BCUT2D eigenvalue weighted by Crippen LogP contribution is 2.27. The van der Waals surface area contributed by atoms with Crippen LogP contribution in [-0.2, 0) is 6.54 Å². The average molecular weight is 255 g/mol. The molecule has 1 nitrogen and oxygen atoms in total. The quantitative estimate of drug-likeness (QED) is 0.737. The van der Waals surface area contributed by atoms with Crippen molar-refractivity contribution in [3.63, 3.8) is 0 Å². The third-order valence-corrected chi connectivity index (χ3v) is 3.74. The Labute approximate surface area is 108 Å². The van der Waals surface area contributed by atoms with E-state index in [2.05, 4.69) is 26.1 Å². The molecule has 0 aromatic heterocycles. The maximum atomic E-state index is 13.8. The van der Waals surface area contributed by atoms with Crippen molar-refractivity contribution in [2.75, 3.05) is 12.3 Å². The fraction of sp³-hybridized carbons (Fsp3) is 0.571. The Morgan fingerprint density at radius 1 is 1.35 bits per heavy atom. The molecule has 1 aromatic carbocycles. The molecule has 1 rings (SSSR count). The Kier molecular flexibility index (Phi) is 6.60. The molecule has 0 amide bonds. The largest absolute Gasteiger partial charge is 0.313 e. The molecule has 0 atom stereocenters. The minimum atomic E-state index is -0.0887. The zero-order valence-corrected chi connectivity index (χ0v) is 11.7. The van der Waals surface area contributed by atoms with Gasteiger partial charge in [0.25, 0.3) is 0 Å². The lowest BCUT2D eigenvalue weighted by Gasteiger charge is -2.11. The molecule has 0 aliphatic heterocycles. The predicted molar refractivity (Wildman–Crippen MR) is 74.0 cm³/mol. The summed E-state index contributed by atoms with van der Waals surface area (Å²) in [6.07, 6.45) is 1.12. The van der Waals surface area contributed by atoms with Crippen molar-refractivity contribution in [3.05, 3.63) is 29.6 Å². The first-order valence-corrected chi connectivity index (χ1v) is 7.24. The summed E-state index contributed by atoms with van der Waals surface area (Å²) in [5.74, 6) is 1.57. The van der Waals surface area contributed by atoms with Crippen LogP contribution in [-0.4, -0.2) is 12.3 Å². The predicted octanol–water partition coefficient (Wildman–Crippen LogP) is 4.07. The van der Waals surface area contributed by atoms with Gasteiger partial charge in [-0.25, -0.2) is 4.39 Å². The van der Waals surface area contributed by atoms with Gasteiger partial charge < -0.3 is 5.32 Å². The Morgan fingerprint density at radius 3 is 2.76 bits per heavy atom. The first-order valence-electron chi connectivity index (χ1n) is 6.26. The van der Waals surface area contributed by atoms with Gasteiger partial charge in [0.2, 0.25) is 0 Å². The highest BCUT2D eigenvalue weighted by atomic mass is 32.2. The Balaban J connectivity index is 2.66. The Bertz CT molecular complexity index is 339. The van der Waals surface area contributed by atoms with Crippen molar-refractivity contribution >= 4 is 11.8 Å². The van der Waals surface area contributed by atoms with E-state index in [9.17, 15) is 4.39 Å². The molecular weight excluding hydrogens is 233 g/mol. The fourth-order valence-electron chi connectivity index (χ4n) is 1.51. The third-order valence-electron chi connectivity index (χ3n) is 2.56. The van der Waals surface area contributed by atoms with E-state index in [1.165, 1.54) is 0 Å². The third kappa shape index (κ3) is 5.09. The topological polar surface area (TPSA) is 12.0 Å². The van der Waals surface area contributed by atoms with E-state index in [0.29, 0.717) is 5.92 Å². The minimum Gasteiger partial charge on any atom is -0.313 e. The minimum absolute atomic E-state index is 0.0887. The van der Waals surface area contributed by atoms with Crippen molar-refractivity contribution in [1.82, 2.24) is 5.32 Å². The average Bonchev–Trinajstić information content (AvgIpc) is 2.29. The normalized spacial score (nSPS) is 11.1. The fourth-order valence-corrected chi connectivity index (χ4v) is 2.84. The van der Waals surface area contributed by atoms with E-state index in [1.54, 1.807) is 23.9 Å². The molecule has 17 heavy (non-hydrogen) atoms. The lowest BCUT2D eigenvalue weighted by molar-refractivity contribution is 0.590. The van der Waals surface area contributed by atoms with Crippen molar-refractivity contribution in [2.45, 2.75) is 38.6 Å². The van der Waals surface area contributed by atoms with Gasteiger partial charge in [0.1, 0.15) is 5.82 Å². The molecule has 0 saturated carbocycles. The van der Waals surface area contributed by atoms with Crippen LogP contribution in [0.4, 0.5) is 4.39 Å². The molecule has 0 spiro atoms. The molecule has 0 radical (unpaired) electrons. The molecule has 0 bridgehead atoms. The van der Waals surface area contributed by atoms with Crippen LogP contribution in [0.1, 0.15) is 32.8 Å². The highest BCUT2D eigenvalue weighted by Gasteiger charge is 2.08. The van der Waals surface area contributed by atoms with Crippen LogP contribution in [0.25, 0.3) is 0 Å². The molecular formula is C14H22FNS. The van der Waals surface area contributed by atoms with Crippen molar-refractivity contribution < 1.29 is 4.39 Å². The standard InChI is InChI=1S/C14H22FNS/c1-4-16-10-12-6-5-7-13(15)14(12)17-9-8-11(2)3/h5-7,11,16H,4,8-10H2,1-3H3. The molecule has 3 heteroatoms. The smallest absolute Gasteiger partial charge is 0.137 e. The second kappa shape index (κ2) is 7.72. The number of rotatable bonds is 7. The summed E-state index contributed by atoms with van der Waals surface area (Å²) in [6, 6.07) is 5.34. The van der Waals surface area contributed by atoms with Gasteiger partial charge in [-0.15, -0.1) is 11.8 Å². The van der Waals surface area contributed by atoms with E-state index in [1.807, 2.05) is 6.07 Å². The molecule has 1 aromatic rings. The van der Waals surface area contributed by atoms with Gasteiger partial charge in [-0.05, 0) is 36.3 Å². The van der Waals surface area contributed by atoms with Crippen LogP contribution < -0.4 is 5.32 Å². The molecule has 0 heterocycles. The number of nitrogens with one attached hydrogen (secondary N) is 1. The zero-order chi connectivity index (χ0) is 12.7. The number of thioether (sulfide) groups is 1. The first-order chi connectivity index (χ1) is 8.15. The Morgan fingerprint density at radius 2 is 2.12 bits per heavy atom. The van der Waals surface area contributed by atoms with Gasteiger partial charge >= 0.3 is 0 Å². The summed E-state index contributed by atoms with van der Waals surface area (Å²) in [6.45, 7) is 8.11. The monoisotopic (exact) mass is 255 g/mol. The summed E-state index contributed by atoms with van der Waals surface area (Å²) in [4.78, 5) is 0.814. The van der Waals surface area contributed by atoms with E-state index in [4.69, 9.17) is 0 Å². The summed E-state index contributed by atoms with van der Waals surface area (Å²) >= 11 is 1.64. The molecule has 0 fully saturated rings. The lowest BCUT2D eigenvalue weighted by Crippen LogP contribution is -2.12. The molecule has 96 valence electrons. The van der Waals surface area contributed by atoms with Gasteiger partial charge in [0.15, 0.2) is 0 Å². The first kappa shape index (κ1) is 14.5. The van der Waals surface area contributed by atoms with Crippen LogP contribution in [0.15, 0.2) is 23.1 Å². The maximum Gasteiger partial charge on any atom is 0.137 e. The molecule has 0 unspecified atom stereocenters. The summed E-state index contributed by atoms with van der Waals surface area (Å²) < 4.78 is 13.8. The van der Waals surface area contributed by atoms with Gasteiger partial charge in [-0.3, -0.25) is 0 Å².